The normalized spacial score (nSPS) is 12.0. The molecule has 1 rings (SSSR count). The monoisotopic (exact) mass is 333 g/mol. The number of carbonyl (C=O) groups excluding carboxylic acids is 1. The minimum absolute atomic E-state index is 0.0114. The maximum Gasteiger partial charge on any atom is 0.407 e. The van der Waals surface area contributed by atoms with Crippen LogP contribution in [0.1, 0.15) is 20.8 Å². The fraction of sp³-hybridized carbons (Fsp3) is 0.462. The van der Waals surface area contributed by atoms with Gasteiger partial charge >= 0.3 is 6.09 Å². The molecule has 0 saturated heterocycles. The number of carbonyl (C=O) groups is 1. The molecule has 7 nitrogen and oxygen atoms in total. The third-order valence-electron chi connectivity index (χ3n) is 2.35. The Morgan fingerprint density at radius 2 is 1.95 bits per heavy atom. The number of rotatable bonds is 5. The molecule has 0 fully saturated rings. The Kier molecular flexibility index (Phi) is 5.72. The first-order chi connectivity index (χ1) is 10.0. The maximum absolute atomic E-state index is 13.6. The Morgan fingerprint density at radius 3 is 2.50 bits per heavy atom. The van der Waals surface area contributed by atoms with Gasteiger partial charge in [0.2, 0.25) is 10.0 Å². The molecule has 1 amide bonds. The lowest BCUT2D eigenvalue weighted by Gasteiger charge is -2.19. The number of alkyl carbamates (subject to hydrolysis) is 1. The molecule has 0 aliphatic carbocycles. The Labute approximate surface area is 129 Å². The van der Waals surface area contributed by atoms with Crippen LogP contribution in [-0.4, -0.2) is 33.2 Å². The van der Waals surface area contributed by atoms with E-state index in [4.69, 9.17) is 10.5 Å². The number of hydrogen-bond acceptors (Lipinski definition) is 5. The van der Waals surface area contributed by atoms with Crippen LogP contribution in [0.5, 0.6) is 0 Å². The predicted octanol–water partition coefficient (Wildman–Crippen LogP) is 1.21. The zero-order chi connectivity index (χ0) is 17.0. The zero-order valence-electron chi connectivity index (χ0n) is 12.6. The SMILES string of the molecule is CC(C)(C)OC(=O)NCCNS(=O)(=O)c1c(N)cccc1F. The van der Waals surface area contributed by atoms with Gasteiger partial charge in [0.05, 0.1) is 5.69 Å². The molecule has 1 aromatic carbocycles. The molecule has 0 spiro atoms. The average molecular weight is 333 g/mol. The molecule has 0 aromatic heterocycles. The van der Waals surface area contributed by atoms with Gasteiger partial charge in [0, 0.05) is 13.1 Å². The zero-order valence-corrected chi connectivity index (χ0v) is 13.5. The quantitative estimate of drug-likeness (QED) is 0.554. The van der Waals surface area contributed by atoms with E-state index >= 15 is 0 Å². The van der Waals surface area contributed by atoms with Gasteiger partial charge in [0.25, 0.3) is 0 Å². The van der Waals surface area contributed by atoms with Gasteiger partial charge in [-0.3, -0.25) is 0 Å². The molecule has 1 aromatic rings. The fourth-order valence-electron chi connectivity index (χ4n) is 1.55. The van der Waals surface area contributed by atoms with Gasteiger partial charge < -0.3 is 15.8 Å². The van der Waals surface area contributed by atoms with E-state index in [0.717, 1.165) is 6.07 Å². The minimum atomic E-state index is -4.10. The van der Waals surface area contributed by atoms with Gasteiger partial charge in [0.15, 0.2) is 0 Å². The lowest BCUT2D eigenvalue weighted by Crippen LogP contribution is -2.38. The van der Waals surface area contributed by atoms with E-state index in [9.17, 15) is 17.6 Å². The van der Waals surface area contributed by atoms with Crippen LogP contribution >= 0.6 is 0 Å². The Bertz CT molecular complexity index is 621. The molecule has 4 N–H and O–H groups in total. The van der Waals surface area contributed by atoms with E-state index in [-0.39, 0.29) is 18.8 Å². The summed E-state index contributed by atoms with van der Waals surface area (Å²) in [7, 11) is -4.10. The number of sulfonamides is 1. The van der Waals surface area contributed by atoms with Crippen LogP contribution in [0.4, 0.5) is 14.9 Å². The highest BCUT2D eigenvalue weighted by atomic mass is 32.2. The summed E-state index contributed by atoms with van der Waals surface area (Å²) in [6.07, 6.45) is -0.669. The van der Waals surface area contributed by atoms with Gasteiger partial charge in [-0.05, 0) is 32.9 Å². The largest absolute Gasteiger partial charge is 0.444 e. The molecule has 0 unspecified atom stereocenters. The summed E-state index contributed by atoms with van der Waals surface area (Å²) in [4.78, 5) is 10.8. The molecule has 9 heteroatoms. The van der Waals surface area contributed by atoms with Crippen molar-refractivity contribution in [2.45, 2.75) is 31.3 Å². The van der Waals surface area contributed by atoms with E-state index in [1.807, 2.05) is 0 Å². The first-order valence-corrected chi connectivity index (χ1v) is 8.02. The molecule has 0 radical (unpaired) electrons. The lowest BCUT2D eigenvalue weighted by atomic mass is 10.2. The van der Waals surface area contributed by atoms with Crippen molar-refractivity contribution < 1.29 is 22.3 Å². The molecular formula is C13H20FN3O4S. The van der Waals surface area contributed by atoms with Crippen molar-refractivity contribution in [1.82, 2.24) is 10.0 Å². The summed E-state index contributed by atoms with van der Waals surface area (Å²) < 4.78 is 44.7. The second-order valence-electron chi connectivity index (χ2n) is 5.48. The molecule has 0 saturated carbocycles. The Hall–Kier alpha value is -1.87. The number of nitrogens with one attached hydrogen (secondary N) is 2. The second-order valence-corrected chi connectivity index (χ2v) is 7.19. The summed E-state index contributed by atoms with van der Waals surface area (Å²) in [5, 5.41) is 2.38. The maximum atomic E-state index is 13.6. The highest BCUT2D eigenvalue weighted by Gasteiger charge is 2.22. The first-order valence-electron chi connectivity index (χ1n) is 6.53. The minimum Gasteiger partial charge on any atom is -0.444 e. The standard InChI is InChI=1S/C13H20FN3O4S/c1-13(2,3)21-12(18)16-7-8-17-22(19,20)11-9(14)5-4-6-10(11)15/h4-6,17H,7-8,15H2,1-3H3,(H,16,18). The van der Waals surface area contributed by atoms with Crippen molar-refractivity contribution >= 4 is 21.8 Å². The smallest absolute Gasteiger partial charge is 0.407 e. The highest BCUT2D eigenvalue weighted by Crippen LogP contribution is 2.20. The highest BCUT2D eigenvalue weighted by molar-refractivity contribution is 7.89. The van der Waals surface area contributed by atoms with Crippen LogP contribution in [-0.2, 0) is 14.8 Å². The molecule has 0 heterocycles. The predicted molar refractivity (Wildman–Crippen MR) is 80.2 cm³/mol. The Morgan fingerprint density at radius 1 is 1.32 bits per heavy atom. The first kappa shape index (κ1) is 18.2. The topological polar surface area (TPSA) is 111 Å². The van der Waals surface area contributed by atoms with Gasteiger partial charge in [-0.1, -0.05) is 6.07 Å². The number of hydrogen-bond donors (Lipinski definition) is 3. The van der Waals surface area contributed by atoms with E-state index in [1.165, 1.54) is 12.1 Å². The van der Waals surface area contributed by atoms with Crippen LogP contribution < -0.4 is 15.8 Å². The summed E-state index contributed by atoms with van der Waals surface area (Å²) in [6.45, 7) is 4.97. The molecule has 0 atom stereocenters. The summed E-state index contributed by atoms with van der Waals surface area (Å²) in [5.41, 5.74) is 4.65. The summed E-state index contributed by atoms with van der Waals surface area (Å²) in [5.74, 6) is -0.937. The van der Waals surface area contributed by atoms with E-state index < -0.39 is 32.4 Å². The second kappa shape index (κ2) is 6.93. The number of anilines is 1. The number of halogens is 1. The van der Waals surface area contributed by atoms with Crippen LogP contribution in [0.25, 0.3) is 0 Å². The van der Waals surface area contributed by atoms with Crippen molar-refractivity contribution in [3.63, 3.8) is 0 Å². The van der Waals surface area contributed by atoms with E-state index in [2.05, 4.69) is 10.0 Å². The fourth-order valence-corrected chi connectivity index (χ4v) is 2.76. The molecule has 0 bridgehead atoms. The van der Waals surface area contributed by atoms with E-state index in [1.54, 1.807) is 20.8 Å². The average Bonchev–Trinajstić information content (AvgIpc) is 2.32. The molecule has 0 aliphatic heterocycles. The molecule has 22 heavy (non-hydrogen) atoms. The molecular weight excluding hydrogens is 313 g/mol. The summed E-state index contributed by atoms with van der Waals surface area (Å²) >= 11 is 0. The van der Waals surface area contributed by atoms with Crippen LogP contribution in [0.3, 0.4) is 0 Å². The molecule has 0 aliphatic rings. The molecule has 124 valence electrons. The van der Waals surface area contributed by atoms with Gasteiger partial charge in [0.1, 0.15) is 16.3 Å². The van der Waals surface area contributed by atoms with Crippen LogP contribution in [0.2, 0.25) is 0 Å². The van der Waals surface area contributed by atoms with Crippen molar-refractivity contribution in [2.24, 2.45) is 0 Å². The van der Waals surface area contributed by atoms with Gasteiger partial charge in [-0.2, -0.15) is 0 Å². The third kappa shape index (κ3) is 5.49. The number of nitrogen functional groups attached to an aromatic ring is 1. The van der Waals surface area contributed by atoms with Crippen LogP contribution in [0.15, 0.2) is 23.1 Å². The Balaban J connectivity index is 2.56. The number of amides is 1. The number of benzene rings is 1. The summed E-state index contributed by atoms with van der Waals surface area (Å²) in [6, 6.07) is 3.61. The van der Waals surface area contributed by atoms with E-state index in [0.29, 0.717) is 0 Å². The van der Waals surface area contributed by atoms with Crippen molar-refractivity contribution in [3.05, 3.63) is 24.0 Å². The van der Waals surface area contributed by atoms with Crippen molar-refractivity contribution in [2.75, 3.05) is 18.8 Å². The van der Waals surface area contributed by atoms with Crippen molar-refractivity contribution in [3.8, 4) is 0 Å². The lowest BCUT2D eigenvalue weighted by molar-refractivity contribution is 0.0529. The third-order valence-corrected chi connectivity index (χ3v) is 3.90. The van der Waals surface area contributed by atoms with Crippen LogP contribution in [0, 0.1) is 5.82 Å². The van der Waals surface area contributed by atoms with Gasteiger partial charge in [-0.25, -0.2) is 22.3 Å². The number of nitrogens with two attached hydrogens (primary N) is 1. The van der Waals surface area contributed by atoms with Crippen molar-refractivity contribution in [1.29, 1.82) is 0 Å². The van der Waals surface area contributed by atoms with Gasteiger partial charge in [-0.15, -0.1) is 0 Å². The number of ether oxygens (including phenoxy) is 1.